The zero-order valence-electron chi connectivity index (χ0n) is 16.3. The van der Waals surface area contributed by atoms with Crippen molar-refractivity contribution in [2.75, 3.05) is 23.4 Å². The molecule has 2 aromatic heterocycles. The van der Waals surface area contributed by atoms with Gasteiger partial charge in [-0.15, -0.1) is 0 Å². The molecule has 0 saturated carbocycles. The molecule has 10 heteroatoms. The Morgan fingerprint density at radius 3 is 2.48 bits per heavy atom. The molecule has 0 aliphatic carbocycles. The number of benzene rings is 1. The van der Waals surface area contributed by atoms with Gasteiger partial charge in [0.2, 0.25) is 5.91 Å². The van der Waals surface area contributed by atoms with Crippen LogP contribution in [-0.4, -0.2) is 40.5 Å². The van der Waals surface area contributed by atoms with Crippen LogP contribution in [0.1, 0.15) is 12.1 Å². The molecule has 1 saturated heterocycles. The van der Waals surface area contributed by atoms with E-state index in [0.29, 0.717) is 12.0 Å². The van der Waals surface area contributed by atoms with Gasteiger partial charge in [0.25, 0.3) is 0 Å². The van der Waals surface area contributed by atoms with Crippen molar-refractivity contribution in [1.82, 2.24) is 15.0 Å². The number of halogens is 4. The van der Waals surface area contributed by atoms with E-state index in [4.69, 9.17) is 0 Å². The van der Waals surface area contributed by atoms with E-state index in [2.05, 4.69) is 15.0 Å². The third-order valence-corrected chi connectivity index (χ3v) is 5.09. The number of para-hydroxylation sites is 1. The summed E-state index contributed by atoms with van der Waals surface area (Å²) >= 11 is 0. The number of pyridine rings is 1. The second kappa shape index (κ2) is 7.93. The van der Waals surface area contributed by atoms with Crippen molar-refractivity contribution >= 4 is 17.4 Å². The van der Waals surface area contributed by atoms with Crippen LogP contribution in [0.5, 0.6) is 0 Å². The first-order valence-corrected chi connectivity index (χ1v) is 9.41. The number of anilines is 2. The number of hydrogen-bond acceptors (Lipinski definition) is 5. The van der Waals surface area contributed by atoms with E-state index in [0.717, 1.165) is 6.07 Å². The van der Waals surface area contributed by atoms with Crippen LogP contribution >= 0.6 is 0 Å². The van der Waals surface area contributed by atoms with Crippen LogP contribution < -0.4 is 9.80 Å². The first-order valence-electron chi connectivity index (χ1n) is 9.41. The number of alkyl halides is 3. The fraction of sp³-hybridized carbons (Fsp3) is 0.238. The molecule has 3 aromatic rings. The lowest BCUT2D eigenvalue weighted by Gasteiger charge is -2.26. The van der Waals surface area contributed by atoms with Crippen molar-refractivity contribution in [2.45, 2.75) is 18.6 Å². The lowest BCUT2D eigenvalue weighted by molar-refractivity contribution is -0.141. The molecular formula is C21H17F4N5O. The molecule has 1 aromatic carbocycles. The quantitative estimate of drug-likeness (QED) is 0.586. The van der Waals surface area contributed by atoms with Crippen molar-refractivity contribution in [3.8, 4) is 11.4 Å². The molecule has 1 aliphatic rings. The zero-order chi connectivity index (χ0) is 22.2. The molecule has 6 nitrogen and oxygen atoms in total. The topological polar surface area (TPSA) is 62.2 Å². The van der Waals surface area contributed by atoms with Gasteiger partial charge >= 0.3 is 6.18 Å². The molecule has 0 radical (unpaired) electrons. The highest BCUT2D eigenvalue weighted by atomic mass is 19.4. The molecular weight excluding hydrogens is 414 g/mol. The van der Waals surface area contributed by atoms with Gasteiger partial charge in [0, 0.05) is 37.6 Å². The zero-order valence-corrected chi connectivity index (χ0v) is 16.3. The minimum atomic E-state index is -4.70. The predicted octanol–water partition coefficient (Wildman–Crippen LogP) is 3.94. The summed E-state index contributed by atoms with van der Waals surface area (Å²) in [6, 6.07) is 8.89. The summed E-state index contributed by atoms with van der Waals surface area (Å²) in [5.41, 5.74) is -0.617. The maximum absolute atomic E-state index is 14.1. The third-order valence-electron chi connectivity index (χ3n) is 5.09. The first-order chi connectivity index (χ1) is 14.8. The average Bonchev–Trinajstić information content (AvgIpc) is 3.14. The standard InChI is InChI=1S/C21H17F4N5O/c1-29(16-8-11-30(20(16)31)15-5-3-2-4-14(15)22)18-12-17(21(23,24)25)27-19(28-18)13-6-9-26-10-7-13/h2-7,9-10,12,16H,8,11H2,1H3. The number of amides is 1. The molecule has 1 amide bonds. The number of rotatable bonds is 4. The Labute approximate surface area is 175 Å². The average molecular weight is 431 g/mol. The summed E-state index contributed by atoms with van der Waals surface area (Å²) in [6.07, 6.45) is -1.54. The Hall–Kier alpha value is -3.56. The van der Waals surface area contributed by atoms with Gasteiger partial charge in [0.15, 0.2) is 11.5 Å². The predicted molar refractivity (Wildman–Crippen MR) is 106 cm³/mol. The maximum Gasteiger partial charge on any atom is 0.433 e. The smallest absolute Gasteiger partial charge is 0.347 e. The van der Waals surface area contributed by atoms with E-state index >= 15 is 0 Å². The molecule has 31 heavy (non-hydrogen) atoms. The summed E-state index contributed by atoms with van der Waals surface area (Å²) in [6.45, 7) is 0.239. The summed E-state index contributed by atoms with van der Waals surface area (Å²) in [5, 5.41) is 0. The summed E-state index contributed by atoms with van der Waals surface area (Å²) in [4.78, 5) is 27.4. The Balaban J connectivity index is 1.69. The van der Waals surface area contributed by atoms with Crippen molar-refractivity contribution < 1.29 is 22.4 Å². The molecule has 1 fully saturated rings. The Morgan fingerprint density at radius 1 is 1.10 bits per heavy atom. The molecule has 0 spiro atoms. The Morgan fingerprint density at radius 2 is 1.81 bits per heavy atom. The minimum Gasteiger partial charge on any atom is -0.347 e. The van der Waals surface area contributed by atoms with Crippen molar-refractivity contribution in [3.63, 3.8) is 0 Å². The van der Waals surface area contributed by atoms with Crippen LogP contribution in [0.15, 0.2) is 54.9 Å². The van der Waals surface area contributed by atoms with Gasteiger partial charge in [-0.1, -0.05) is 12.1 Å². The van der Waals surface area contributed by atoms with Crippen LogP contribution in [0.3, 0.4) is 0 Å². The van der Waals surface area contributed by atoms with Crippen LogP contribution in [0.2, 0.25) is 0 Å². The number of likely N-dealkylation sites (N-methyl/N-ethyl adjacent to an activating group) is 1. The lowest BCUT2D eigenvalue weighted by Crippen LogP contribution is -2.40. The van der Waals surface area contributed by atoms with Crippen LogP contribution in [-0.2, 0) is 11.0 Å². The van der Waals surface area contributed by atoms with E-state index in [1.165, 1.54) is 59.6 Å². The van der Waals surface area contributed by atoms with Gasteiger partial charge in [-0.25, -0.2) is 14.4 Å². The lowest BCUT2D eigenvalue weighted by atomic mass is 10.2. The fourth-order valence-corrected chi connectivity index (χ4v) is 3.48. The third kappa shape index (κ3) is 4.05. The summed E-state index contributed by atoms with van der Waals surface area (Å²) in [7, 11) is 1.49. The highest BCUT2D eigenvalue weighted by Gasteiger charge is 2.39. The van der Waals surface area contributed by atoms with Crippen LogP contribution in [0.4, 0.5) is 29.1 Å². The van der Waals surface area contributed by atoms with Crippen LogP contribution in [0, 0.1) is 5.82 Å². The van der Waals surface area contributed by atoms with Gasteiger partial charge < -0.3 is 9.80 Å². The molecule has 0 bridgehead atoms. The maximum atomic E-state index is 14.1. The first kappa shape index (κ1) is 20.7. The van der Waals surface area contributed by atoms with Crippen molar-refractivity contribution in [1.29, 1.82) is 0 Å². The largest absolute Gasteiger partial charge is 0.433 e. The second-order valence-corrected chi connectivity index (χ2v) is 7.03. The van der Waals surface area contributed by atoms with Gasteiger partial charge in [0.05, 0.1) is 5.69 Å². The number of carbonyl (C=O) groups is 1. The molecule has 3 heterocycles. The normalized spacial score (nSPS) is 16.6. The number of aromatic nitrogens is 3. The molecule has 4 rings (SSSR count). The Kier molecular flexibility index (Phi) is 5.30. The van der Waals surface area contributed by atoms with Crippen molar-refractivity contribution in [3.05, 3.63) is 66.4 Å². The van der Waals surface area contributed by atoms with Crippen molar-refractivity contribution in [2.24, 2.45) is 0 Å². The molecule has 1 atom stereocenters. The van der Waals surface area contributed by atoms with E-state index in [-0.39, 0.29) is 23.9 Å². The monoisotopic (exact) mass is 431 g/mol. The van der Waals surface area contributed by atoms with Gasteiger partial charge in [-0.2, -0.15) is 13.2 Å². The van der Waals surface area contributed by atoms with Crippen LogP contribution in [0.25, 0.3) is 11.4 Å². The fourth-order valence-electron chi connectivity index (χ4n) is 3.48. The van der Waals surface area contributed by atoms with Gasteiger partial charge in [0.1, 0.15) is 17.7 Å². The highest BCUT2D eigenvalue weighted by molar-refractivity contribution is 6.01. The minimum absolute atomic E-state index is 0.0529. The summed E-state index contributed by atoms with van der Waals surface area (Å²) in [5.74, 6) is -1.14. The molecule has 0 N–H and O–H groups in total. The van der Waals surface area contributed by atoms with E-state index < -0.39 is 29.6 Å². The molecule has 160 valence electrons. The van der Waals surface area contributed by atoms with E-state index in [9.17, 15) is 22.4 Å². The highest BCUT2D eigenvalue weighted by Crippen LogP contribution is 2.33. The van der Waals surface area contributed by atoms with E-state index in [1.54, 1.807) is 6.07 Å². The second-order valence-electron chi connectivity index (χ2n) is 7.03. The number of carbonyl (C=O) groups excluding carboxylic acids is 1. The Bertz CT molecular complexity index is 1110. The number of hydrogen-bond donors (Lipinski definition) is 0. The molecule has 1 unspecified atom stereocenters. The molecule has 1 aliphatic heterocycles. The number of nitrogens with zero attached hydrogens (tertiary/aromatic N) is 5. The van der Waals surface area contributed by atoms with E-state index in [1.807, 2.05) is 0 Å². The van der Waals surface area contributed by atoms with Gasteiger partial charge in [-0.05, 0) is 30.7 Å². The SMILES string of the molecule is CN(c1cc(C(F)(F)F)nc(-c2ccncc2)n1)C1CCN(c2ccccc2F)C1=O. The van der Waals surface area contributed by atoms with Gasteiger partial charge in [-0.3, -0.25) is 9.78 Å². The summed E-state index contributed by atoms with van der Waals surface area (Å²) < 4.78 is 54.5.